The van der Waals surface area contributed by atoms with Gasteiger partial charge in [-0.15, -0.1) is 0 Å². The van der Waals surface area contributed by atoms with Crippen LogP contribution in [0.2, 0.25) is 0 Å². The standard InChI is InChI=1S/C13H19BrN2O3S/c1-9-6-12(19-2)13(7-11(9)14)20(17,18)16-5-3-4-10(16)8-15/h6-7,10H,3-5,8,15H2,1-2H3. The van der Waals surface area contributed by atoms with Gasteiger partial charge in [0.2, 0.25) is 10.0 Å². The van der Waals surface area contributed by atoms with Crippen LogP contribution in [0.15, 0.2) is 21.5 Å². The highest BCUT2D eigenvalue weighted by Crippen LogP contribution is 2.34. The summed E-state index contributed by atoms with van der Waals surface area (Å²) >= 11 is 3.38. The van der Waals surface area contributed by atoms with E-state index in [4.69, 9.17) is 10.5 Å². The van der Waals surface area contributed by atoms with Crippen LogP contribution in [0, 0.1) is 6.92 Å². The van der Waals surface area contributed by atoms with E-state index in [1.54, 1.807) is 12.1 Å². The molecule has 1 aromatic rings. The molecule has 5 nitrogen and oxygen atoms in total. The van der Waals surface area contributed by atoms with Gasteiger partial charge in [0.1, 0.15) is 10.6 Å². The molecule has 0 spiro atoms. The second kappa shape index (κ2) is 6.01. The van der Waals surface area contributed by atoms with Gasteiger partial charge in [0, 0.05) is 23.6 Å². The minimum Gasteiger partial charge on any atom is -0.495 e. The normalized spacial score (nSPS) is 20.3. The summed E-state index contributed by atoms with van der Waals surface area (Å²) in [6.45, 7) is 2.75. The Kier molecular flexibility index (Phi) is 4.73. The molecule has 0 radical (unpaired) electrons. The first-order chi connectivity index (χ1) is 9.41. The molecular formula is C13H19BrN2O3S. The largest absolute Gasteiger partial charge is 0.495 e. The first-order valence-electron chi connectivity index (χ1n) is 6.48. The molecule has 1 saturated heterocycles. The van der Waals surface area contributed by atoms with Crippen molar-refractivity contribution in [2.24, 2.45) is 5.73 Å². The number of rotatable bonds is 4. The van der Waals surface area contributed by atoms with Crippen LogP contribution in [-0.2, 0) is 10.0 Å². The third-order valence-electron chi connectivity index (χ3n) is 3.63. The molecule has 2 rings (SSSR count). The van der Waals surface area contributed by atoms with Crippen LogP contribution in [0.25, 0.3) is 0 Å². The summed E-state index contributed by atoms with van der Waals surface area (Å²) in [5.74, 6) is 0.369. The van der Waals surface area contributed by atoms with Crippen molar-refractivity contribution < 1.29 is 13.2 Å². The second-order valence-electron chi connectivity index (χ2n) is 4.90. The molecule has 7 heteroatoms. The molecule has 1 fully saturated rings. The summed E-state index contributed by atoms with van der Waals surface area (Å²) in [7, 11) is -2.11. The first kappa shape index (κ1) is 15.8. The van der Waals surface area contributed by atoms with E-state index >= 15 is 0 Å². The topological polar surface area (TPSA) is 72.6 Å². The zero-order valence-electron chi connectivity index (χ0n) is 11.6. The van der Waals surface area contributed by atoms with Crippen molar-refractivity contribution in [1.82, 2.24) is 4.31 Å². The lowest BCUT2D eigenvalue weighted by atomic mass is 10.2. The highest BCUT2D eigenvalue weighted by atomic mass is 79.9. The molecule has 2 N–H and O–H groups in total. The monoisotopic (exact) mass is 362 g/mol. The van der Waals surface area contributed by atoms with Crippen LogP contribution in [0.5, 0.6) is 5.75 Å². The predicted octanol–water partition coefficient (Wildman–Crippen LogP) is 1.88. The summed E-state index contributed by atoms with van der Waals surface area (Å²) in [5.41, 5.74) is 6.61. The van der Waals surface area contributed by atoms with Crippen molar-refractivity contribution in [3.05, 3.63) is 22.2 Å². The third kappa shape index (κ3) is 2.72. The number of sulfonamides is 1. The predicted molar refractivity (Wildman–Crippen MR) is 81.4 cm³/mol. The van der Waals surface area contributed by atoms with Gasteiger partial charge in [0.25, 0.3) is 0 Å². The fourth-order valence-electron chi connectivity index (χ4n) is 2.49. The molecule has 112 valence electrons. The van der Waals surface area contributed by atoms with E-state index in [2.05, 4.69) is 15.9 Å². The molecule has 1 aromatic carbocycles. The smallest absolute Gasteiger partial charge is 0.247 e. The number of nitrogens with zero attached hydrogens (tertiary/aromatic N) is 1. The number of hydrogen-bond acceptors (Lipinski definition) is 4. The van der Waals surface area contributed by atoms with Gasteiger partial charge in [0.15, 0.2) is 0 Å². The first-order valence-corrected chi connectivity index (χ1v) is 8.71. The molecule has 0 aliphatic carbocycles. The van der Waals surface area contributed by atoms with Gasteiger partial charge < -0.3 is 10.5 Å². The summed E-state index contributed by atoms with van der Waals surface area (Å²) < 4.78 is 33.1. The summed E-state index contributed by atoms with van der Waals surface area (Å²) in [5, 5.41) is 0. The van der Waals surface area contributed by atoms with Gasteiger partial charge in [-0.2, -0.15) is 4.31 Å². The van der Waals surface area contributed by atoms with Crippen LogP contribution in [0.3, 0.4) is 0 Å². The Labute approximate surface area is 128 Å². The van der Waals surface area contributed by atoms with Crippen LogP contribution < -0.4 is 10.5 Å². The number of benzene rings is 1. The highest BCUT2D eigenvalue weighted by molar-refractivity contribution is 9.10. The van der Waals surface area contributed by atoms with Crippen LogP contribution in [0.1, 0.15) is 18.4 Å². The summed E-state index contributed by atoms with van der Waals surface area (Å²) in [6, 6.07) is 3.21. The maximum absolute atomic E-state index is 12.8. The molecule has 1 unspecified atom stereocenters. The number of aryl methyl sites for hydroxylation is 1. The minimum absolute atomic E-state index is 0.121. The lowest BCUT2D eigenvalue weighted by Gasteiger charge is -2.24. The van der Waals surface area contributed by atoms with Gasteiger partial charge in [-0.05, 0) is 37.5 Å². The lowest BCUT2D eigenvalue weighted by Crippen LogP contribution is -2.40. The van der Waals surface area contributed by atoms with Crippen molar-refractivity contribution in [3.63, 3.8) is 0 Å². The molecule has 1 heterocycles. The number of nitrogens with two attached hydrogens (primary N) is 1. The summed E-state index contributed by atoms with van der Waals surface area (Å²) in [6.07, 6.45) is 1.65. The fraction of sp³-hybridized carbons (Fsp3) is 0.538. The lowest BCUT2D eigenvalue weighted by molar-refractivity contribution is 0.379. The van der Waals surface area contributed by atoms with Crippen molar-refractivity contribution in [2.75, 3.05) is 20.2 Å². The fourth-order valence-corrected chi connectivity index (χ4v) is 4.85. The van der Waals surface area contributed by atoms with E-state index in [1.807, 2.05) is 6.92 Å². The van der Waals surface area contributed by atoms with E-state index in [-0.39, 0.29) is 10.9 Å². The molecule has 1 aliphatic rings. The Hall–Kier alpha value is -0.630. The number of ether oxygens (including phenoxy) is 1. The average molecular weight is 363 g/mol. The number of hydrogen-bond donors (Lipinski definition) is 1. The molecule has 0 bridgehead atoms. The van der Waals surface area contributed by atoms with Gasteiger partial charge in [-0.1, -0.05) is 15.9 Å². The minimum atomic E-state index is -3.58. The Balaban J connectivity index is 2.51. The Morgan fingerprint density at radius 2 is 2.20 bits per heavy atom. The number of methoxy groups -OCH3 is 1. The average Bonchev–Trinajstić information content (AvgIpc) is 2.90. The van der Waals surface area contributed by atoms with Crippen molar-refractivity contribution in [1.29, 1.82) is 0 Å². The van der Waals surface area contributed by atoms with Crippen LogP contribution >= 0.6 is 15.9 Å². The quantitative estimate of drug-likeness (QED) is 0.887. The SMILES string of the molecule is COc1cc(C)c(Br)cc1S(=O)(=O)N1CCCC1CN. The van der Waals surface area contributed by atoms with Crippen molar-refractivity contribution in [3.8, 4) is 5.75 Å². The molecule has 20 heavy (non-hydrogen) atoms. The molecule has 1 atom stereocenters. The molecular weight excluding hydrogens is 344 g/mol. The highest BCUT2D eigenvalue weighted by Gasteiger charge is 2.36. The van der Waals surface area contributed by atoms with E-state index in [0.29, 0.717) is 18.8 Å². The second-order valence-corrected chi connectivity index (χ2v) is 7.61. The van der Waals surface area contributed by atoms with E-state index in [0.717, 1.165) is 22.9 Å². The zero-order chi connectivity index (χ0) is 14.9. The van der Waals surface area contributed by atoms with Gasteiger partial charge in [-0.3, -0.25) is 0 Å². The summed E-state index contributed by atoms with van der Waals surface area (Å²) in [4.78, 5) is 0.192. The third-order valence-corrected chi connectivity index (χ3v) is 6.45. The van der Waals surface area contributed by atoms with Crippen molar-refractivity contribution in [2.45, 2.75) is 30.7 Å². The van der Waals surface area contributed by atoms with Gasteiger partial charge in [0.05, 0.1) is 7.11 Å². The van der Waals surface area contributed by atoms with E-state index < -0.39 is 10.0 Å². The molecule has 0 saturated carbocycles. The van der Waals surface area contributed by atoms with Gasteiger partial charge in [-0.25, -0.2) is 8.42 Å². The van der Waals surface area contributed by atoms with Crippen molar-refractivity contribution >= 4 is 26.0 Å². The zero-order valence-corrected chi connectivity index (χ0v) is 14.0. The van der Waals surface area contributed by atoms with E-state index in [1.165, 1.54) is 11.4 Å². The van der Waals surface area contributed by atoms with Gasteiger partial charge >= 0.3 is 0 Å². The molecule has 0 amide bonds. The Morgan fingerprint density at radius 1 is 1.50 bits per heavy atom. The molecule has 0 aromatic heterocycles. The maximum atomic E-state index is 12.8. The van der Waals surface area contributed by atoms with Crippen LogP contribution in [0.4, 0.5) is 0 Å². The Morgan fingerprint density at radius 3 is 2.80 bits per heavy atom. The van der Waals surface area contributed by atoms with Crippen LogP contribution in [-0.4, -0.2) is 39.0 Å². The molecule has 1 aliphatic heterocycles. The maximum Gasteiger partial charge on any atom is 0.247 e. The van der Waals surface area contributed by atoms with E-state index in [9.17, 15) is 8.42 Å². The Bertz CT molecular complexity index is 604. The number of halogens is 1.